The first-order valence-electron chi connectivity index (χ1n) is 9.37. The van der Waals surface area contributed by atoms with E-state index in [1.54, 1.807) is 6.21 Å². The summed E-state index contributed by atoms with van der Waals surface area (Å²) in [6.07, 6.45) is 1.57. The molecule has 0 aliphatic carbocycles. The fraction of sp³-hybridized carbons (Fsp3) is 0.190. The lowest BCUT2D eigenvalue weighted by molar-refractivity contribution is -0.393. The zero-order valence-corrected chi connectivity index (χ0v) is 17.6. The molecular formula is C21H22N6O4. The van der Waals surface area contributed by atoms with Gasteiger partial charge in [0, 0.05) is 48.5 Å². The monoisotopic (exact) mass is 422 g/mol. The summed E-state index contributed by atoms with van der Waals surface area (Å²) < 4.78 is 2.09. The number of aryl methyl sites for hydroxylation is 1. The molecule has 2 aromatic carbocycles. The molecule has 0 aliphatic rings. The number of hydrogen-bond acceptors (Lipinski definition) is 7. The van der Waals surface area contributed by atoms with Crippen LogP contribution in [0.15, 0.2) is 53.6 Å². The number of hydrogen-bond donors (Lipinski definition) is 1. The highest BCUT2D eigenvalue weighted by Gasteiger charge is 2.19. The summed E-state index contributed by atoms with van der Waals surface area (Å²) in [4.78, 5) is 22.8. The van der Waals surface area contributed by atoms with Crippen molar-refractivity contribution in [3.8, 4) is 5.69 Å². The van der Waals surface area contributed by atoms with Gasteiger partial charge in [0.1, 0.15) is 5.69 Å². The molecule has 0 fully saturated rings. The molecule has 0 saturated heterocycles. The summed E-state index contributed by atoms with van der Waals surface area (Å²) in [6.45, 7) is 3.95. The molecule has 0 atom stereocenters. The van der Waals surface area contributed by atoms with Gasteiger partial charge in [-0.3, -0.25) is 25.7 Å². The van der Waals surface area contributed by atoms with Crippen molar-refractivity contribution < 1.29 is 9.85 Å². The average molecular weight is 422 g/mol. The number of non-ortho nitro benzene ring substituents is 1. The molecule has 31 heavy (non-hydrogen) atoms. The van der Waals surface area contributed by atoms with E-state index in [1.165, 1.54) is 12.1 Å². The maximum Gasteiger partial charge on any atom is 0.301 e. The van der Waals surface area contributed by atoms with E-state index in [9.17, 15) is 20.2 Å². The lowest BCUT2D eigenvalue weighted by Gasteiger charge is -2.14. The van der Waals surface area contributed by atoms with Gasteiger partial charge in [0.2, 0.25) is 0 Å². The van der Waals surface area contributed by atoms with Crippen LogP contribution in [0.25, 0.3) is 5.69 Å². The molecule has 3 rings (SSSR count). The van der Waals surface area contributed by atoms with Gasteiger partial charge in [-0.1, -0.05) is 0 Å². The third kappa shape index (κ3) is 4.53. The number of anilines is 2. The molecule has 0 amide bonds. The van der Waals surface area contributed by atoms with E-state index in [0.717, 1.165) is 34.4 Å². The van der Waals surface area contributed by atoms with E-state index in [1.807, 2.05) is 63.2 Å². The molecule has 1 N–H and O–H groups in total. The van der Waals surface area contributed by atoms with Crippen LogP contribution in [-0.2, 0) is 0 Å². The number of nitro benzene ring substituents is 2. The van der Waals surface area contributed by atoms with Gasteiger partial charge >= 0.3 is 5.69 Å². The Hall–Kier alpha value is -4.21. The van der Waals surface area contributed by atoms with Crippen LogP contribution in [0.5, 0.6) is 0 Å². The van der Waals surface area contributed by atoms with Crippen molar-refractivity contribution in [2.45, 2.75) is 13.8 Å². The van der Waals surface area contributed by atoms with Gasteiger partial charge < -0.3 is 9.47 Å². The molecule has 3 aromatic rings. The zero-order chi connectivity index (χ0) is 22.7. The first-order valence-corrected chi connectivity index (χ1v) is 9.37. The summed E-state index contributed by atoms with van der Waals surface area (Å²) in [5.74, 6) is 0. The largest absolute Gasteiger partial charge is 0.378 e. The topological polar surface area (TPSA) is 119 Å². The second-order valence-corrected chi connectivity index (χ2v) is 7.16. The van der Waals surface area contributed by atoms with Crippen molar-refractivity contribution in [2.75, 3.05) is 24.4 Å². The number of nitro groups is 2. The van der Waals surface area contributed by atoms with E-state index in [0.29, 0.717) is 0 Å². The van der Waals surface area contributed by atoms with Gasteiger partial charge in [0.25, 0.3) is 5.69 Å². The fourth-order valence-electron chi connectivity index (χ4n) is 3.27. The van der Waals surface area contributed by atoms with Crippen LogP contribution >= 0.6 is 0 Å². The van der Waals surface area contributed by atoms with Gasteiger partial charge in [-0.25, -0.2) is 0 Å². The molecule has 10 heteroatoms. The molecule has 0 radical (unpaired) electrons. The van der Waals surface area contributed by atoms with Crippen LogP contribution < -0.4 is 10.3 Å². The highest BCUT2D eigenvalue weighted by Crippen LogP contribution is 2.29. The van der Waals surface area contributed by atoms with Crippen LogP contribution in [0.4, 0.5) is 22.7 Å². The maximum absolute atomic E-state index is 11.2. The molecule has 0 spiro atoms. The summed E-state index contributed by atoms with van der Waals surface area (Å²) in [7, 11) is 3.97. The standard InChI is InChI=1S/C21H22N6O4/c1-14-11-16(15(2)25(14)18-7-5-17(6-8-18)24(3)4)13-22-23-20-10-9-19(26(28)29)12-21(20)27(30)31/h5-13,23H,1-4H3/b22-13-. The summed E-state index contributed by atoms with van der Waals surface area (Å²) in [6, 6.07) is 13.5. The zero-order valence-electron chi connectivity index (χ0n) is 17.6. The molecule has 1 heterocycles. The Morgan fingerprint density at radius 1 is 1.00 bits per heavy atom. The van der Waals surface area contributed by atoms with Crippen molar-refractivity contribution in [3.05, 3.63) is 85.7 Å². The minimum Gasteiger partial charge on any atom is -0.378 e. The first kappa shape index (κ1) is 21.5. The third-order valence-electron chi connectivity index (χ3n) is 4.87. The molecular weight excluding hydrogens is 400 g/mol. The maximum atomic E-state index is 11.2. The number of rotatable bonds is 7. The third-order valence-corrected chi connectivity index (χ3v) is 4.87. The van der Waals surface area contributed by atoms with E-state index in [4.69, 9.17) is 0 Å². The van der Waals surface area contributed by atoms with E-state index in [2.05, 4.69) is 15.1 Å². The molecule has 1 aromatic heterocycles. The highest BCUT2D eigenvalue weighted by atomic mass is 16.6. The van der Waals surface area contributed by atoms with Crippen molar-refractivity contribution >= 4 is 29.0 Å². The van der Waals surface area contributed by atoms with Crippen molar-refractivity contribution in [1.82, 2.24) is 4.57 Å². The molecule has 0 unspecified atom stereocenters. The molecule has 0 bridgehead atoms. The Morgan fingerprint density at radius 3 is 2.26 bits per heavy atom. The molecule has 0 saturated carbocycles. The van der Waals surface area contributed by atoms with Gasteiger partial charge in [-0.05, 0) is 50.2 Å². The number of nitrogens with one attached hydrogen (secondary N) is 1. The number of nitrogens with zero attached hydrogens (tertiary/aromatic N) is 5. The summed E-state index contributed by atoms with van der Waals surface area (Å²) in [5.41, 5.74) is 6.83. The Kier molecular flexibility index (Phi) is 6.00. The number of benzene rings is 2. The van der Waals surface area contributed by atoms with Crippen LogP contribution in [0.3, 0.4) is 0 Å². The van der Waals surface area contributed by atoms with E-state index >= 15 is 0 Å². The Balaban J connectivity index is 1.85. The smallest absolute Gasteiger partial charge is 0.301 e. The predicted octanol–water partition coefficient (Wildman–Crippen LogP) is 4.42. The molecule has 0 aliphatic heterocycles. The lowest BCUT2D eigenvalue weighted by Crippen LogP contribution is -2.08. The normalized spacial score (nSPS) is 11.0. The lowest BCUT2D eigenvalue weighted by atomic mass is 10.2. The Bertz CT molecular complexity index is 1170. The van der Waals surface area contributed by atoms with Crippen LogP contribution in [0, 0.1) is 34.1 Å². The van der Waals surface area contributed by atoms with Crippen molar-refractivity contribution in [2.24, 2.45) is 5.10 Å². The SMILES string of the molecule is Cc1cc(/C=N\Nc2ccc([N+](=O)[O-])cc2[N+](=O)[O-])c(C)n1-c1ccc(N(C)C)cc1. The predicted molar refractivity (Wildman–Crippen MR) is 121 cm³/mol. The van der Waals surface area contributed by atoms with Crippen molar-refractivity contribution in [3.63, 3.8) is 0 Å². The van der Waals surface area contributed by atoms with E-state index in [-0.39, 0.29) is 11.4 Å². The Labute approximate surface area is 178 Å². The quantitative estimate of drug-likeness (QED) is 0.342. The number of aromatic nitrogens is 1. The van der Waals surface area contributed by atoms with Gasteiger partial charge in [-0.2, -0.15) is 5.10 Å². The fourth-order valence-corrected chi connectivity index (χ4v) is 3.27. The van der Waals surface area contributed by atoms with Crippen LogP contribution in [0.1, 0.15) is 17.0 Å². The first-order chi connectivity index (χ1) is 14.7. The van der Waals surface area contributed by atoms with Gasteiger partial charge in [-0.15, -0.1) is 0 Å². The average Bonchev–Trinajstić information content (AvgIpc) is 3.01. The van der Waals surface area contributed by atoms with Crippen LogP contribution in [0.2, 0.25) is 0 Å². The van der Waals surface area contributed by atoms with Gasteiger partial charge in [0.05, 0.1) is 22.1 Å². The minimum atomic E-state index is -0.686. The van der Waals surface area contributed by atoms with Crippen molar-refractivity contribution in [1.29, 1.82) is 0 Å². The Morgan fingerprint density at radius 2 is 1.68 bits per heavy atom. The highest BCUT2D eigenvalue weighted by molar-refractivity contribution is 5.83. The minimum absolute atomic E-state index is 0.0694. The van der Waals surface area contributed by atoms with Crippen LogP contribution in [-0.4, -0.2) is 34.7 Å². The summed E-state index contributed by atoms with van der Waals surface area (Å²) >= 11 is 0. The molecule has 10 nitrogen and oxygen atoms in total. The second-order valence-electron chi connectivity index (χ2n) is 7.16. The molecule has 160 valence electrons. The second kappa shape index (κ2) is 8.66. The summed E-state index contributed by atoms with van der Waals surface area (Å²) in [5, 5.41) is 26.2. The van der Waals surface area contributed by atoms with Gasteiger partial charge in [0.15, 0.2) is 0 Å². The number of hydrazone groups is 1. The van der Waals surface area contributed by atoms with E-state index < -0.39 is 15.5 Å².